The highest BCUT2D eigenvalue weighted by atomic mass is 16.2. The third kappa shape index (κ3) is 2.26. The molecule has 0 aliphatic carbocycles. The fourth-order valence-electron chi connectivity index (χ4n) is 3.13. The minimum Gasteiger partial charge on any atom is -0.323 e. The van der Waals surface area contributed by atoms with Crippen LogP contribution in [-0.2, 0) is 11.2 Å². The molecule has 2 atom stereocenters. The Kier molecular flexibility index (Phi) is 3.29. The SMILES string of the molecule is CN1C(=O)CCc2cc(C(N)C3CCCN3)ccc21. The van der Waals surface area contributed by atoms with Crippen molar-refractivity contribution in [3.05, 3.63) is 29.3 Å². The first-order valence-electron chi connectivity index (χ1n) is 7.05. The minimum atomic E-state index is 0.0516. The molecule has 0 aromatic heterocycles. The first-order valence-corrected chi connectivity index (χ1v) is 7.05. The average molecular weight is 259 g/mol. The lowest BCUT2D eigenvalue weighted by Crippen LogP contribution is -2.35. The Bertz CT molecular complexity index is 494. The summed E-state index contributed by atoms with van der Waals surface area (Å²) in [5.41, 5.74) is 9.81. The third-order valence-electron chi connectivity index (χ3n) is 4.36. The maximum absolute atomic E-state index is 11.7. The van der Waals surface area contributed by atoms with Crippen molar-refractivity contribution >= 4 is 11.6 Å². The van der Waals surface area contributed by atoms with E-state index in [-0.39, 0.29) is 11.9 Å². The molecule has 102 valence electrons. The molecule has 2 aliphatic rings. The van der Waals surface area contributed by atoms with Crippen molar-refractivity contribution in [2.45, 2.75) is 37.8 Å². The number of benzene rings is 1. The van der Waals surface area contributed by atoms with Crippen LogP contribution in [-0.4, -0.2) is 25.5 Å². The van der Waals surface area contributed by atoms with Gasteiger partial charge in [-0.15, -0.1) is 0 Å². The summed E-state index contributed by atoms with van der Waals surface area (Å²) in [7, 11) is 1.85. The van der Waals surface area contributed by atoms with Gasteiger partial charge in [-0.2, -0.15) is 0 Å². The number of amides is 1. The second-order valence-electron chi connectivity index (χ2n) is 5.57. The molecule has 1 fully saturated rings. The first kappa shape index (κ1) is 12.6. The number of nitrogens with two attached hydrogens (primary N) is 1. The van der Waals surface area contributed by atoms with Crippen LogP contribution in [0.3, 0.4) is 0 Å². The molecule has 2 aliphatic heterocycles. The summed E-state index contributed by atoms with van der Waals surface area (Å²) in [6.45, 7) is 1.07. The Morgan fingerprint density at radius 2 is 2.26 bits per heavy atom. The molecule has 1 amide bonds. The fourth-order valence-corrected chi connectivity index (χ4v) is 3.13. The van der Waals surface area contributed by atoms with Gasteiger partial charge in [-0.05, 0) is 43.0 Å². The van der Waals surface area contributed by atoms with Crippen LogP contribution < -0.4 is 16.0 Å². The number of nitrogens with zero attached hydrogens (tertiary/aromatic N) is 1. The van der Waals surface area contributed by atoms with Crippen molar-refractivity contribution in [3.8, 4) is 0 Å². The van der Waals surface area contributed by atoms with Crippen molar-refractivity contribution in [1.29, 1.82) is 0 Å². The lowest BCUT2D eigenvalue weighted by atomic mass is 9.93. The molecular formula is C15H21N3O. The van der Waals surface area contributed by atoms with E-state index in [2.05, 4.69) is 17.4 Å². The molecular weight excluding hydrogens is 238 g/mol. The van der Waals surface area contributed by atoms with Crippen molar-refractivity contribution in [2.75, 3.05) is 18.5 Å². The van der Waals surface area contributed by atoms with Crippen LogP contribution in [0.4, 0.5) is 5.69 Å². The van der Waals surface area contributed by atoms with E-state index >= 15 is 0 Å². The van der Waals surface area contributed by atoms with E-state index in [9.17, 15) is 4.79 Å². The van der Waals surface area contributed by atoms with E-state index in [0.29, 0.717) is 12.5 Å². The second-order valence-corrected chi connectivity index (χ2v) is 5.57. The van der Waals surface area contributed by atoms with Crippen LogP contribution in [0, 0.1) is 0 Å². The van der Waals surface area contributed by atoms with Crippen molar-refractivity contribution < 1.29 is 4.79 Å². The van der Waals surface area contributed by atoms with Gasteiger partial charge in [-0.25, -0.2) is 0 Å². The Morgan fingerprint density at radius 1 is 1.42 bits per heavy atom. The first-order chi connectivity index (χ1) is 9.16. The number of anilines is 1. The quantitative estimate of drug-likeness (QED) is 0.843. The molecule has 2 unspecified atom stereocenters. The van der Waals surface area contributed by atoms with Gasteiger partial charge in [0.15, 0.2) is 0 Å². The molecule has 3 N–H and O–H groups in total. The van der Waals surface area contributed by atoms with Crippen LogP contribution in [0.2, 0.25) is 0 Å². The molecule has 0 spiro atoms. The highest BCUT2D eigenvalue weighted by Crippen LogP contribution is 2.30. The van der Waals surface area contributed by atoms with Crippen molar-refractivity contribution in [1.82, 2.24) is 5.32 Å². The summed E-state index contributed by atoms with van der Waals surface area (Å²) in [6.07, 6.45) is 3.79. The van der Waals surface area contributed by atoms with Gasteiger partial charge in [-0.1, -0.05) is 12.1 Å². The Labute approximate surface area is 114 Å². The molecule has 1 saturated heterocycles. The number of rotatable bonds is 2. The Morgan fingerprint density at radius 3 is 3.00 bits per heavy atom. The number of carbonyl (C=O) groups is 1. The van der Waals surface area contributed by atoms with Gasteiger partial charge in [0, 0.05) is 31.2 Å². The van der Waals surface area contributed by atoms with Crippen LogP contribution in [0.1, 0.15) is 36.4 Å². The van der Waals surface area contributed by atoms with Gasteiger partial charge in [0.25, 0.3) is 0 Å². The van der Waals surface area contributed by atoms with E-state index in [1.807, 2.05) is 13.1 Å². The molecule has 3 rings (SSSR count). The highest BCUT2D eigenvalue weighted by molar-refractivity contribution is 5.95. The number of nitrogens with one attached hydrogen (secondary N) is 1. The fraction of sp³-hybridized carbons (Fsp3) is 0.533. The molecule has 19 heavy (non-hydrogen) atoms. The zero-order chi connectivity index (χ0) is 13.4. The predicted octanol–water partition coefficient (Wildman–Crippen LogP) is 1.35. The maximum atomic E-state index is 11.7. The van der Waals surface area contributed by atoms with E-state index < -0.39 is 0 Å². The monoisotopic (exact) mass is 259 g/mol. The zero-order valence-corrected chi connectivity index (χ0v) is 11.4. The minimum absolute atomic E-state index is 0.0516. The molecule has 4 heteroatoms. The number of carbonyl (C=O) groups excluding carboxylic acids is 1. The van der Waals surface area contributed by atoms with E-state index in [1.165, 1.54) is 17.5 Å². The van der Waals surface area contributed by atoms with Crippen LogP contribution in [0.5, 0.6) is 0 Å². The standard InChI is InChI=1S/C15H21N3O/c1-18-13-6-4-11(9-10(13)5-7-14(18)19)15(16)12-3-2-8-17-12/h4,6,9,12,15,17H,2-3,5,7-8,16H2,1H3. The molecule has 1 aromatic rings. The molecule has 1 aromatic carbocycles. The normalized spacial score (nSPS) is 24.4. The van der Waals surface area contributed by atoms with Gasteiger partial charge in [-0.3, -0.25) is 4.79 Å². The largest absolute Gasteiger partial charge is 0.323 e. The van der Waals surface area contributed by atoms with E-state index in [0.717, 1.165) is 25.1 Å². The van der Waals surface area contributed by atoms with Gasteiger partial charge in [0.1, 0.15) is 0 Å². The summed E-state index contributed by atoms with van der Waals surface area (Å²) < 4.78 is 0. The van der Waals surface area contributed by atoms with Crippen LogP contribution >= 0.6 is 0 Å². The maximum Gasteiger partial charge on any atom is 0.227 e. The van der Waals surface area contributed by atoms with Crippen LogP contribution in [0.25, 0.3) is 0 Å². The van der Waals surface area contributed by atoms with Gasteiger partial charge >= 0.3 is 0 Å². The van der Waals surface area contributed by atoms with Gasteiger partial charge in [0.05, 0.1) is 0 Å². The van der Waals surface area contributed by atoms with E-state index in [4.69, 9.17) is 5.73 Å². The van der Waals surface area contributed by atoms with Crippen LogP contribution in [0.15, 0.2) is 18.2 Å². The molecule has 0 bridgehead atoms. The summed E-state index contributed by atoms with van der Waals surface area (Å²) in [5.74, 6) is 0.196. The topological polar surface area (TPSA) is 58.4 Å². The van der Waals surface area contributed by atoms with Crippen molar-refractivity contribution in [2.24, 2.45) is 5.73 Å². The predicted molar refractivity (Wildman–Crippen MR) is 76.1 cm³/mol. The third-order valence-corrected chi connectivity index (χ3v) is 4.36. The number of hydrogen-bond donors (Lipinski definition) is 2. The lowest BCUT2D eigenvalue weighted by Gasteiger charge is -2.28. The summed E-state index contributed by atoms with van der Waals surface area (Å²) in [4.78, 5) is 13.4. The Hall–Kier alpha value is -1.39. The number of hydrogen-bond acceptors (Lipinski definition) is 3. The molecule has 4 nitrogen and oxygen atoms in total. The average Bonchev–Trinajstić information content (AvgIpc) is 2.96. The molecule has 0 saturated carbocycles. The van der Waals surface area contributed by atoms with Crippen molar-refractivity contribution in [3.63, 3.8) is 0 Å². The van der Waals surface area contributed by atoms with Gasteiger partial charge in [0.2, 0.25) is 5.91 Å². The number of aryl methyl sites for hydroxylation is 1. The highest BCUT2D eigenvalue weighted by Gasteiger charge is 2.25. The smallest absolute Gasteiger partial charge is 0.227 e. The molecule has 0 radical (unpaired) electrons. The number of fused-ring (bicyclic) bond motifs is 1. The van der Waals surface area contributed by atoms with Gasteiger partial charge < -0.3 is 16.0 Å². The summed E-state index contributed by atoms with van der Waals surface area (Å²) >= 11 is 0. The Balaban J connectivity index is 1.87. The summed E-state index contributed by atoms with van der Waals surface area (Å²) in [6, 6.07) is 6.73. The molecule has 2 heterocycles. The summed E-state index contributed by atoms with van der Waals surface area (Å²) in [5, 5.41) is 3.46. The van der Waals surface area contributed by atoms with E-state index in [1.54, 1.807) is 4.90 Å². The lowest BCUT2D eigenvalue weighted by molar-refractivity contribution is -0.118. The second kappa shape index (κ2) is 4.94. The zero-order valence-electron chi connectivity index (χ0n) is 11.4.